The molecule has 0 unspecified atom stereocenters. The number of nitrogens with zero attached hydrogens (tertiary/aromatic N) is 2. The molecule has 0 bridgehead atoms. The number of esters is 2. The van der Waals surface area contributed by atoms with E-state index in [4.69, 9.17) is 9.47 Å². The molecule has 0 heterocycles. The Balaban J connectivity index is 1.87. The molecular formula is C38H38F6N4O10S2. The van der Waals surface area contributed by atoms with Crippen LogP contribution in [0.15, 0.2) is 94.7 Å². The van der Waals surface area contributed by atoms with Gasteiger partial charge in [0.05, 0.1) is 34.4 Å². The monoisotopic (exact) mass is 888 g/mol. The molecule has 0 aliphatic heterocycles. The Hall–Kier alpha value is -5.90. The standard InChI is InChI=1S/C38H38F6N4O10S2/c1-23(2)21-57-33(49)19-47(59(53,54)27-13-9-25(10-14-27)45-35(51)37(39,40)41)31-17-18-32(30-8-6-5-7-29(30)31)48(20-34(50)58-22-24(3)4)60(55,56)28-15-11-26(12-16-28)46-36(52)38(42,43)44/h5-18,23-24H,19-22H2,1-4H3,(H,45,51)(H,46,52). The number of nitrogens with one attached hydrogen (secondary N) is 2. The number of hydrogen-bond donors (Lipinski definition) is 2. The first kappa shape index (κ1) is 46.8. The van der Waals surface area contributed by atoms with Crippen molar-refractivity contribution in [3.63, 3.8) is 0 Å². The zero-order chi connectivity index (χ0) is 44.8. The van der Waals surface area contributed by atoms with Gasteiger partial charge in [0.1, 0.15) is 13.1 Å². The number of rotatable bonds is 16. The van der Waals surface area contributed by atoms with Gasteiger partial charge in [0, 0.05) is 22.1 Å². The molecule has 22 heteroatoms. The fraction of sp³-hybridized carbons (Fsp3) is 0.316. The van der Waals surface area contributed by atoms with Crippen LogP contribution in [0.1, 0.15) is 27.7 Å². The zero-order valence-corrected chi connectivity index (χ0v) is 33.8. The van der Waals surface area contributed by atoms with Crippen molar-refractivity contribution in [1.29, 1.82) is 0 Å². The van der Waals surface area contributed by atoms with Crippen molar-refractivity contribution in [3.8, 4) is 0 Å². The second-order valence-corrected chi connectivity index (χ2v) is 17.5. The average molecular weight is 889 g/mol. The molecular weight excluding hydrogens is 851 g/mol. The van der Waals surface area contributed by atoms with E-state index in [-0.39, 0.29) is 47.2 Å². The van der Waals surface area contributed by atoms with Gasteiger partial charge in [-0.25, -0.2) is 16.8 Å². The summed E-state index contributed by atoms with van der Waals surface area (Å²) in [5, 5.41) is 3.20. The van der Waals surface area contributed by atoms with Crippen LogP contribution >= 0.6 is 0 Å². The quantitative estimate of drug-likeness (QED) is 0.0914. The van der Waals surface area contributed by atoms with Crippen molar-refractivity contribution in [1.82, 2.24) is 0 Å². The maximum atomic E-state index is 14.3. The largest absolute Gasteiger partial charge is 0.471 e. The van der Waals surface area contributed by atoms with Gasteiger partial charge in [0.25, 0.3) is 20.0 Å². The normalized spacial score (nSPS) is 12.3. The first-order chi connectivity index (χ1) is 27.8. The van der Waals surface area contributed by atoms with E-state index >= 15 is 0 Å². The van der Waals surface area contributed by atoms with Crippen molar-refractivity contribution in [2.45, 2.75) is 49.8 Å². The number of hydrogen-bond acceptors (Lipinski definition) is 10. The van der Waals surface area contributed by atoms with E-state index in [9.17, 15) is 62.4 Å². The van der Waals surface area contributed by atoms with Crippen LogP contribution in [0.5, 0.6) is 0 Å². The SMILES string of the molecule is CC(C)COC(=O)CN(c1ccc(N(CC(=O)OCC(C)C)S(=O)(=O)c2ccc(NC(=O)C(F)(F)F)cc2)c2ccccc12)S(=O)(=O)c1ccc(NC(=O)C(F)(F)F)cc1. The van der Waals surface area contributed by atoms with Crippen LogP contribution in [0.3, 0.4) is 0 Å². The third-order valence-electron chi connectivity index (χ3n) is 8.03. The molecule has 0 spiro atoms. The molecule has 2 amide bonds. The molecule has 0 saturated heterocycles. The number of sulfonamides is 2. The summed E-state index contributed by atoms with van der Waals surface area (Å²) in [6.45, 7) is 4.80. The third-order valence-corrected chi connectivity index (χ3v) is 11.6. The van der Waals surface area contributed by atoms with Crippen LogP contribution in [-0.4, -0.2) is 79.2 Å². The number of benzene rings is 4. The molecule has 2 N–H and O–H groups in total. The van der Waals surface area contributed by atoms with Crippen LogP contribution in [0.25, 0.3) is 10.8 Å². The molecule has 4 rings (SSSR count). The van der Waals surface area contributed by atoms with Gasteiger partial charge >= 0.3 is 36.1 Å². The van der Waals surface area contributed by atoms with E-state index in [0.717, 1.165) is 60.7 Å². The average Bonchev–Trinajstić information content (AvgIpc) is 3.16. The van der Waals surface area contributed by atoms with Gasteiger partial charge in [0.15, 0.2) is 0 Å². The Morgan fingerprint density at radius 1 is 0.550 bits per heavy atom. The Morgan fingerprint density at radius 3 is 1.15 bits per heavy atom. The molecule has 60 heavy (non-hydrogen) atoms. The van der Waals surface area contributed by atoms with Gasteiger partial charge in [0.2, 0.25) is 0 Å². The Morgan fingerprint density at radius 2 is 0.867 bits per heavy atom. The lowest BCUT2D eigenvalue weighted by Gasteiger charge is -2.29. The highest BCUT2D eigenvalue weighted by atomic mass is 32.2. The topological polar surface area (TPSA) is 186 Å². The Kier molecular flexibility index (Phi) is 14.5. The van der Waals surface area contributed by atoms with Gasteiger partial charge in [-0.15, -0.1) is 0 Å². The van der Waals surface area contributed by atoms with E-state index < -0.39 is 90.4 Å². The van der Waals surface area contributed by atoms with Gasteiger partial charge < -0.3 is 20.1 Å². The lowest BCUT2D eigenvalue weighted by atomic mass is 10.1. The van der Waals surface area contributed by atoms with Crippen molar-refractivity contribution in [2.75, 3.05) is 45.5 Å². The zero-order valence-electron chi connectivity index (χ0n) is 32.1. The number of ether oxygens (including phenoxy) is 2. The third kappa shape index (κ3) is 11.6. The molecule has 324 valence electrons. The maximum absolute atomic E-state index is 14.3. The first-order valence-electron chi connectivity index (χ1n) is 17.7. The van der Waals surface area contributed by atoms with Crippen molar-refractivity contribution in [2.24, 2.45) is 11.8 Å². The van der Waals surface area contributed by atoms with Crippen LogP contribution in [0.4, 0.5) is 49.1 Å². The maximum Gasteiger partial charge on any atom is 0.471 e. The van der Waals surface area contributed by atoms with Crippen LogP contribution in [0.2, 0.25) is 0 Å². The molecule has 0 fully saturated rings. The summed E-state index contributed by atoms with van der Waals surface area (Å²) in [4.78, 5) is 48.1. The Bertz CT molecular complexity index is 2270. The van der Waals surface area contributed by atoms with E-state index in [2.05, 4.69) is 0 Å². The summed E-state index contributed by atoms with van der Waals surface area (Å²) in [5.74, 6) is -6.96. The molecule has 4 aromatic carbocycles. The molecule has 4 aromatic rings. The minimum Gasteiger partial charge on any atom is -0.464 e. The highest BCUT2D eigenvalue weighted by Gasteiger charge is 2.40. The van der Waals surface area contributed by atoms with Gasteiger partial charge in [-0.3, -0.25) is 27.8 Å². The number of halogens is 6. The minimum absolute atomic E-state index is 0.00486. The summed E-state index contributed by atoms with van der Waals surface area (Å²) in [5.41, 5.74) is -1.23. The Labute approximate surface area is 340 Å². The number of anilines is 4. The van der Waals surface area contributed by atoms with Crippen LogP contribution < -0.4 is 19.2 Å². The van der Waals surface area contributed by atoms with E-state index in [1.807, 2.05) is 0 Å². The summed E-state index contributed by atoms with van der Waals surface area (Å²) in [7, 11) is -9.65. The fourth-order valence-corrected chi connectivity index (χ4v) is 8.08. The van der Waals surface area contributed by atoms with Gasteiger partial charge in [-0.05, 0) is 72.5 Å². The fourth-order valence-electron chi connectivity index (χ4n) is 5.23. The van der Waals surface area contributed by atoms with Crippen molar-refractivity contribution in [3.05, 3.63) is 84.9 Å². The molecule has 0 aliphatic carbocycles. The van der Waals surface area contributed by atoms with E-state index in [0.29, 0.717) is 8.61 Å². The lowest BCUT2D eigenvalue weighted by Crippen LogP contribution is -2.38. The number of amides is 2. The van der Waals surface area contributed by atoms with Crippen molar-refractivity contribution >= 4 is 77.3 Å². The predicted octanol–water partition coefficient (Wildman–Crippen LogP) is 6.63. The summed E-state index contributed by atoms with van der Waals surface area (Å²) < 4.78 is 146. The van der Waals surface area contributed by atoms with Crippen LogP contribution in [-0.2, 0) is 48.7 Å². The number of fused-ring (bicyclic) bond motifs is 1. The van der Waals surface area contributed by atoms with E-state index in [1.54, 1.807) is 38.3 Å². The second-order valence-electron chi connectivity index (χ2n) is 13.8. The first-order valence-corrected chi connectivity index (χ1v) is 20.5. The van der Waals surface area contributed by atoms with Crippen molar-refractivity contribution < 1.29 is 71.8 Å². The molecule has 0 radical (unpaired) electrons. The number of alkyl halides is 6. The van der Waals surface area contributed by atoms with E-state index in [1.165, 1.54) is 24.3 Å². The highest BCUT2D eigenvalue weighted by Crippen LogP contribution is 2.39. The minimum atomic E-state index is -5.24. The van der Waals surface area contributed by atoms with Gasteiger partial charge in [-0.1, -0.05) is 52.0 Å². The predicted molar refractivity (Wildman–Crippen MR) is 207 cm³/mol. The van der Waals surface area contributed by atoms with Gasteiger partial charge in [-0.2, -0.15) is 26.3 Å². The van der Waals surface area contributed by atoms with Crippen LogP contribution in [0, 0.1) is 11.8 Å². The lowest BCUT2D eigenvalue weighted by molar-refractivity contribution is -0.167. The highest BCUT2D eigenvalue weighted by molar-refractivity contribution is 7.93. The molecule has 0 atom stereocenters. The molecule has 0 aliphatic rings. The summed E-state index contributed by atoms with van der Waals surface area (Å²) in [6.07, 6.45) is -10.5. The summed E-state index contributed by atoms with van der Waals surface area (Å²) in [6, 6.07) is 15.1. The molecule has 0 aromatic heterocycles. The number of carbonyl (C=O) groups is 4. The number of carbonyl (C=O) groups excluding carboxylic acids is 4. The second kappa shape index (κ2) is 18.6. The molecule has 0 saturated carbocycles. The smallest absolute Gasteiger partial charge is 0.464 e. The molecule has 14 nitrogen and oxygen atoms in total. The summed E-state index contributed by atoms with van der Waals surface area (Å²) >= 11 is 0.